The van der Waals surface area contributed by atoms with Crippen molar-refractivity contribution < 1.29 is 9.90 Å². The van der Waals surface area contributed by atoms with Gasteiger partial charge in [-0.2, -0.15) is 5.10 Å². The van der Waals surface area contributed by atoms with Gasteiger partial charge in [-0.1, -0.05) is 24.3 Å². The lowest BCUT2D eigenvalue weighted by atomic mass is 10.1. The van der Waals surface area contributed by atoms with Crippen molar-refractivity contribution in [3.8, 4) is 16.3 Å². The van der Waals surface area contributed by atoms with Crippen LogP contribution in [-0.2, 0) is 0 Å². The van der Waals surface area contributed by atoms with Crippen LogP contribution in [0.1, 0.15) is 26.4 Å². The maximum Gasteiger partial charge on any atom is 0.283 e. The lowest BCUT2D eigenvalue weighted by Gasteiger charge is -2.00. The molecule has 0 spiro atoms. The van der Waals surface area contributed by atoms with Crippen LogP contribution in [-0.4, -0.2) is 22.2 Å². The normalized spacial score (nSPS) is 11.0. The number of benzene rings is 2. The van der Waals surface area contributed by atoms with Gasteiger partial charge in [-0.05, 0) is 48.7 Å². The molecule has 2 aromatic carbocycles. The topological polar surface area (TPSA) is 74.6 Å². The van der Waals surface area contributed by atoms with Gasteiger partial charge in [0.05, 0.1) is 12.4 Å². The number of nitrogens with zero attached hydrogens (tertiary/aromatic N) is 2. The highest BCUT2D eigenvalue weighted by Crippen LogP contribution is 2.27. The van der Waals surface area contributed by atoms with Gasteiger partial charge in [-0.25, -0.2) is 10.4 Å². The summed E-state index contributed by atoms with van der Waals surface area (Å²) in [4.78, 5) is 17.0. The van der Waals surface area contributed by atoms with E-state index in [0.29, 0.717) is 4.88 Å². The van der Waals surface area contributed by atoms with Gasteiger partial charge in [0, 0.05) is 5.56 Å². The number of thiazole rings is 1. The summed E-state index contributed by atoms with van der Waals surface area (Å²) in [5.74, 6) is -0.0707. The Hall–Kier alpha value is -2.99. The largest absolute Gasteiger partial charge is 0.508 e. The maximum absolute atomic E-state index is 12.2. The van der Waals surface area contributed by atoms with Crippen molar-refractivity contribution in [3.63, 3.8) is 0 Å². The number of phenolic OH excluding ortho intramolecular Hbond substituents is 1. The average molecular weight is 351 g/mol. The molecule has 5 nitrogen and oxygen atoms in total. The van der Waals surface area contributed by atoms with Gasteiger partial charge in [-0.15, -0.1) is 11.3 Å². The molecule has 0 unspecified atom stereocenters. The monoisotopic (exact) mass is 351 g/mol. The first kappa shape index (κ1) is 16.9. The van der Waals surface area contributed by atoms with E-state index in [9.17, 15) is 9.90 Å². The summed E-state index contributed by atoms with van der Waals surface area (Å²) in [7, 11) is 0. The minimum atomic E-state index is -0.302. The highest BCUT2D eigenvalue weighted by molar-refractivity contribution is 7.16. The van der Waals surface area contributed by atoms with Gasteiger partial charge in [0.15, 0.2) is 0 Å². The van der Waals surface area contributed by atoms with E-state index >= 15 is 0 Å². The Kier molecular flexibility index (Phi) is 4.90. The van der Waals surface area contributed by atoms with Crippen LogP contribution < -0.4 is 5.43 Å². The number of rotatable bonds is 4. The number of hydrogen-bond acceptors (Lipinski definition) is 5. The molecule has 3 rings (SSSR count). The smallest absolute Gasteiger partial charge is 0.283 e. The first-order valence-corrected chi connectivity index (χ1v) is 8.51. The minimum Gasteiger partial charge on any atom is -0.508 e. The molecule has 2 N–H and O–H groups in total. The Labute approximate surface area is 149 Å². The predicted octanol–water partition coefficient (Wildman–Crippen LogP) is 3.90. The van der Waals surface area contributed by atoms with E-state index in [-0.39, 0.29) is 11.7 Å². The van der Waals surface area contributed by atoms with Crippen LogP contribution >= 0.6 is 11.3 Å². The molecule has 0 fully saturated rings. The molecule has 0 aliphatic carbocycles. The minimum absolute atomic E-state index is 0.231. The summed E-state index contributed by atoms with van der Waals surface area (Å²) in [5.41, 5.74) is 6.18. The van der Waals surface area contributed by atoms with Crippen LogP contribution in [0.4, 0.5) is 0 Å². The van der Waals surface area contributed by atoms with Crippen molar-refractivity contribution in [2.24, 2.45) is 5.10 Å². The molecular weight excluding hydrogens is 334 g/mol. The van der Waals surface area contributed by atoms with E-state index in [1.54, 1.807) is 31.3 Å². The number of aromatic hydroxyl groups is 1. The summed E-state index contributed by atoms with van der Waals surface area (Å²) in [6, 6.07) is 13.0. The highest BCUT2D eigenvalue weighted by Gasteiger charge is 2.12. The summed E-state index contributed by atoms with van der Waals surface area (Å²) < 4.78 is 0. The first-order chi connectivity index (χ1) is 12.0. The number of hydrazone groups is 1. The van der Waals surface area contributed by atoms with Crippen LogP contribution in [0, 0.1) is 13.8 Å². The Balaban J connectivity index is 1.69. The molecule has 0 bridgehead atoms. The molecule has 0 aliphatic heterocycles. The van der Waals surface area contributed by atoms with Crippen LogP contribution in [0.5, 0.6) is 5.75 Å². The van der Waals surface area contributed by atoms with E-state index < -0.39 is 0 Å². The third-order valence-corrected chi connectivity index (χ3v) is 4.73. The van der Waals surface area contributed by atoms with E-state index in [0.717, 1.165) is 27.3 Å². The number of carbonyl (C=O) groups is 1. The number of aryl methyl sites for hydroxylation is 2. The van der Waals surface area contributed by atoms with Gasteiger partial charge in [0.25, 0.3) is 5.91 Å². The van der Waals surface area contributed by atoms with Gasteiger partial charge < -0.3 is 5.11 Å². The molecule has 25 heavy (non-hydrogen) atoms. The second-order valence-electron chi connectivity index (χ2n) is 5.59. The van der Waals surface area contributed by atoms with Crippen molar-refractivity contribution in [3.05, 3.63) is 70.2 Å². The summed E-state index contributed by atoms with van der Waals surface area (Å²) in [6.07, 6.45) is 3.09. The fourth-order valence-corrected chi connectivity index (χ4v) is 3.19. The van der Waals surface area contributed by atoms with Crippen molar-refractivity contribution in [2.45, 2.75) is 13.8 Å². The molecule has 1 aromatic heterocycles. The van der Waals surface area contributed by atoms with Gasteiger partial charge in [0.1, 0.15) is 15.6 Å². The summed E-state index contributed by atoms with van der Waals surface area (Å²) >= 11 is 1.33. The zero-order chi connectivity index (χ0) is 17.8. The van der Waals surface area contributed by atoms with Crippen molar-refractivity contribution in [1.82, 2.24) is 10.4 Å². The molecule has 0 atom stereocenters. The summed E-state index contributed by atoms with van der Waals surface area (Å²) in [5, 5.41) is 14.3. The average Bonchev–Trinajstić information content (AvgIpc) is 3.08. The van der Waals surface area contributed by atoms with Gasteiger partial charge in [-0.3, -0.25) is 4.79 Å². The van der Waals surface area contributed by atoms with Crippen molar-refractivity contribution in [2.75, 3.05) is 0 Å². The fraction of sp³-hybridized carbons (Fsp3) is 0.105. The molecule has 0 aliphatic rings. The molecule has 0 saturated heterocycles. The molecule has 1 heterocycles. The Bertz CT molecular complexity index is 947. The SMILES string of the molecule is Cc1cc(/C=N/NC(=O)c2cnc(-c3ccccc3C)s2)ccc1O. The van der Waals surface area contributed by atoms with Crippen LogP contribution in [0.2, 0.25) is 0 Å². The maximum atomic E-state index is 12.2. The Morgan fingerprint density at radius 3 is 2.76 bits per heavy atom. The molecule has 1 amide bonds. The Morgan fingerprint density at radius 1 is 1.20 bits per heavy atom. The molecule has 6 heteroatoms. The van der Waals surface area contributed by atoms with Crippen molar-refractivity contribution in [1.29, 1.82) is 0 Å². The number of aromatic nitrogens is 1. The molecule has 0 saturated carbocycles. The zero-order valence-electron chi connectivity index (χ0n) is 13.9. The number of phenols is 1. The summed E-state index contributed by atoms with van der Waals surface area (Å²) in [6.45, 7) is 3.82. The Morgan fingerprint density at radius 2 is 2.00 bits per heavy atom. The third kappa shape index (κ3) is 3.92. The van der Waals surface area contributed by atoms with E-state index in [4.69, 9.17) is 0 Å². The van der Waals surface area contributed by atoms with E-state index in [1.807, 2.05) is 31.2 Å². The highest BCUT2D eigenvalue weighted by atomic mass is 32.1. The third-order valence-electron chi connectivity index (χ3n) is 3.71. The van der Waals surface area contributed by atoms with Crippen LogP contribution in [0.15, 0.2) is 53.8 Å². The molecule has 3 aromatic rings. The standard InChI is InChI=1S/C19H17N3O2S/c1-12-5-3-4-6-15(12)19-20-11-17(25-19)18(24)22-21-10-14-7-8-16(23)13(2)9-14/h3-11,23H,1-2H3,(H,22,24)/b21-10+. The van der Waals surface area contributed by atoms with Gasteiger partial charge >= 0.3 is 0 Å². The number of carbonyl (C=O) groups excluding carboxylic acids is 1. The number of nitrogens with one attached hydrogen (secondary N) is 1. The van der Waals surface area contributed by atoms with Gasteiger partial charge in [0.2, 0.25) is 0 Å². The number of amides is 1. The lowest BCUT2D eigenvalue weighted by molar-refractivity contribution is 0.0959. The fourth-order valence-electron chi connectivity index (χ4n) is 2.30. The zero-order valence-corrected chi connectivity index (χ0v) is 14.7. The van der Waals surface area contributed by atoms with Crippen LogP contribution in [0.25, 0.3) is 10.6 Å². The van der Waals surface area contributed by atoms with E-state index in [1.165, 1.54) is 17.6 Å². The lowest BCUT2D eigenvalue weighted by Crippen LogP contribution is -2.16. The quantitative estimate of drug-likeness (QED) is 0.553. The van der Waals surface area contributed by atoms with Crippen LogP contribution in [0.3, 0.4) is 0 Å². The number of hydrogen-bond donors (Lipinski definition) is 2. The molecule has 126 valence electrons. The molecular formula is C19H17N3O2S. The molecule has 0 radical (unpaired) electrons. The van der Waals surface area contributed by atoms with E-state index in [2.05, 4.69) is 15.5 Å². The second-order valence-corrected chi connectivity index (χ2v) is 6.62. The second kappa shape index (κ2) is 7.27. The first-order valence-electron chi connectivity index (χ1n) is 7.69. The predicted molar refractivity (Wildman–Crippen MR) is 100 cm³/mol. The van der Waals surface area contributed by atoms with Crippen molar-refractivity contribution >= 4 is 23.5 Å².